The number of ether oxygens (including phenoxy) is 1. The number of benzene rings is 7. The highest BCUT2D eigenvalue weighted by molar-refractivity contribution is 6.44. The number of hydrogen-bond acceptors (Lipinski definition) is 6. The van der Waals surface area contributed by atoms with Crippen molar-refractivity contribution in [2.45, 2.75) is 13.2 Å². The van der Waals surface area contributed by atoms with Gasteiger partial charge in [-0.05, 0) is 76.3 Å². The van der Waals surface area contributed by atoms with Gasteiger partial charge in [-0.1, -0.05) is 60.7 Å². The van der Waals surface area contributed by atoms with Gasteiger partial charge in [0.15, 0.2) is 5.76 Å². The van der Waals surface area contributed by atoms with Gasteiger partial charge in [-0.3, -0.25) is 9.78 Å². The van der Waals surface area contributed by atoms with Gasteiger partial charge < -0.3 is 19.4 Å². The van der Waals surface area contributed by atoms with Crippen LogP contribution in [0.3, 0.4) is 0 Å². The van der Waals surface area contributed by atoms with Crippen molar-refractivity contribution in [3.8, 4) is 17.4 Å². The molecule has 0 amide bonds. The van der Waals surface area contributed by atoms with E-state index in [1.807, 2.05) is 0 Å². The number of aromatic nitrogens is 2. The number of H-pyrrole nitrogens is 1. The van der Waals surface area contributed by atoms with Crippen molar-refractivity contribution in [3.05, 3.63) is 111 Å². The summed E-state index contributed by atoms with van der Waals surface area (Å²) in [4.78, 5) is 26.3. The van der Waals surface area contributed by atoms with Crippen LogP contribution in [0.4, 0.5) is 0 Å². The Kier molecular flexibility index (Phi) is 4.40. The van der Waals surface area contributed by atoms with Crippen molar-refractivity contribution in [3.63, 3.8) is 0 Å². The van der Waals surface area contributed by atoms with Crippen LogP contribution in [0.1, 0.15) is 11.3 Å². The molecule has 3 N–H and O–H groups in total. The lowest BCUT2D eigenvalue weighted by molar-refractivity contribution is 0.238. The summed E-state index contributed by atoms with van der Waals surface area (Å²) in [6.45, 7) is -0.566. The first-order valence-corrected chi connectivity index (χ1v) is 13.5. The summed E-state index contributed by atoms with van der Waals surface area (Å²) in [6, 6.07) is 24.9. The number of rotatable bonds is 5. The van der Waals surface area contributed by atoms with E-state index in [9.17, 15) is 19.8 Å². The third kappa shape index (κ3) is 2.88. The number of aliphatic hydroxyl groups excluding tert-OH is 1. The molecule has 7 aromatic carbocycles. The van der Waals surface area contributed by atoms with Crippen LogP contribution in [0.15, 0.2) is 93.0 Å². The summed E-state index contributed by atoms with van der Waals surface area (Å²) in [5.74, 6) is -0.816. The molecule has 202 valence electrons. The summed E-state index contributed by atoms with van der Waals surface area (Å²) in [6.07, 6.45) is 1.23. The van der Waals surface area contributed by atoms with E-state index >= 15 is 0 Å². The molecule has 8 heteroatoms. The van der Waals surface area contributed by atoms with Crippen LogP contribution in [0.2, 0.25) is 0 Å². The average Bonchev–Trinajstić information content (AvgIpc) is 3.32. The first-order valence-electron chi connectivity index (χ1n) is 13.5. The van der Waals surface area contributed by atoms with Crippen LogP contribution in [0, 0.1) is 0 Å². The third-order valence-corrected chi connectivity index (χ3v) is 8.54. The van der Waals surface area contributed by atoms with Crippen LogP contribution in [-0.4, -0.2) is 19.8 Å². The van der Waals surface area contributed by atoms with E-state index in [1.165, 1.54) is 49.3 Å². The Morgan fingerprint density at radius 2 is 1.29 bits per heavy atom. The summed E-state index contributed by atoms with van der Waals surface area (Å²) < 4.78 is 12.8. The first kappa shape index (κ1) is 23.1. The Morgan fingerprint density at radius 3 is 1.88 bits per heavy atom. The van der Waals surface area contributed by atoms with E-state index in [2.05, 4.69) is 71.7 Å². The Bertz CT molecular complexity index is 2570. The summed E-state index contributed by atoms with van der Waals surface area (Å²) in [7, 11) is 0. The lowest BCUT2D eigenvalue weighted by Crippen LogP contribution is -2.27. The zero-order valence-corrected chi connectivity index (χ0v) is 21.9. The molecule has 0 aliphatic heterocycles. The predicted octanol–water partition coefficient (Wildman–Crippen LogP) is 6.13. The quantitative estimate of drug-likeness (QED) is 0.175. The van der Waals surface area contributed by atoms with Crippen molar-refractivity contribution in [2.75, 3.05) is 0 Å². The number of aliphatic hydroxyl groups is 1. The van der Waals surface area contributed by atoms with Gasteiger partial charge in [0.1, 0.15) is 13.2 Å². The molecule has 0 saturated carbocycles. The highest BCUT2D eigenvalue weighted by atomic mass is 16.5. The first-order chi connectivity index (χ1) is 20.5. The largest absolute Gasteiger partial charge is 0.502 e. The second-order valence-electron chi connectivity index (χ2n) is 10.7. The van der Waals surface area contributed by atoms with E-state index in [-0.39, 0.29) is 24.0 Å². The normalized spacial score (nSPS) is 12.4. The molecule has 0 aliphatic carbocycles. The molecule has 9 aromatic rings. The molecular weight excluding hydrogens is 532 g/mol. The molecule has 2 heterocycles. The van der Waals surface area contributed by atoms with Crippen LogP contribution in [0.5, 0.6) is 11.5 Å². The SMILES string of the molecule is O=c1ccn(-c2oc(CO)c(O)c2OCc2cc3ccc4ccc5ccc6ccc7ccc2c2c7c6c5c4c32)c(=O)[nH]1. The van der Waals surface area contributed by atoms with Crippen LogP contribution in [0.25, 0.3) is 70.5 Å². The van der Waals surface area contributed by atoms with Gasteiger partial charge in [-0.15, -0.1) is 0 Å². The number of nitrogens with zero attached hydrogens (tertiary/aromatic N) is 1. The summed E-state index contributed by atoms with van der Waals surface area (Å²) in [5.41, 5.74) is -0.460. The molecule has 42 heavy (non-hydrogen) atoms. The second kappa shape index (κ2) is 7.99. The van der Waals surface area contributed by atoms with E-state index < -0.39 is 23.6 Å². The molecule has 0 bridgehead atoms. The maximum absolute atomic E-state index is 12.5. The smallest absolute Gasteiger partial charge is 0.335 e. The molecular formula is C34H20N2O6. The van der Waals surface area contributed by atoms with Crippen LogP contribution in [-0.2, 0) is 13.2 Å². The molecule has 8 nitrogen and oxygen atoms in total. The van der Waals surface area contributed by atoms with E-state index in [1.54, 1.807) is 0 Å². The molecule has 0 spiro atoms. The molecule has 0 unspecified atom stereocenters. The summed E-state index contributed by atoms with van der Waals surface area (Å²) in [5, 5.41) is 34.8. The molecule has 0 saturated heterocycles. The third-order valence-electron chi connectivity index (χ3n) is 8.54. The van der Waals surface area contributed by atoms with Gasteiger partial charge in [0.25, 0.3) is 11.4 Å². The van der Waals surface area contributed by atoms with Crippen LogP contribution >= 0.6 is 0 Å². The number of hydrogen-bond donors (Lipinski definition) is 3. The average molecular weight is 553 g/mol. The molecule has 0 fully saturated rings. The minimum absolute atomic E-state index is 0.0425. The fourth-order valence-corrected chi connectivity index (χ4v) is 6.74. The fraction of sp³-hybridized carbons (Fsp3) is 0.0588. The lowest BCUT2D eigenvalue weighted by Gasteiger charge is -2.22. The molecule has 0 radical (unpaired) electrons. The molecule has 9 rings (SSSR count). The highest BCUT2D eigenvalue weighted by Crippen LogP contribution is 2.49. The molecule has 2 aromatic heterocycles. The van der Waals surface area contributed by atoms with Gasteiger partial charge in [0.05, 0.1) is 0 Å². The standard InChI is InChI=1S/C34H20N2O6/c37-14-23-31(39)32(33(42-23)36-12-11-24(38)35-34(36)40)41-15-21-13-20-8-7-18-4-2-16-1-3-17-5-6-19-9-10-22(21)30-28(19)26(17)25(16)27(18)29(20)30/h1-13,37,39H,14-15H2,(H,35,38,40). The van der Waals surface area contributed by atoms with Gasteiger partial charge in [-0.2, -0.15) is 0 Å². The number of aromatic amines is 1. The molecule has 0 aliphatic rings. The Morgan fingerprint density at radius 1 is 0.738 bits per heavy atom. The van der Waals surface area contributed by atoms with E-state index in [0.717, 1.165) is 37.7 Å². The second-order valence-corrected chi connectivity index (χ2v) is 10.7. The fourth-order valence-electron chi connectivity index (χ4n) is 6.74. The number of nitrogens with one attached hydrogen (secondary N) is 1. The van der Waals surface area contributed by atoms with E-state index in [4.69, 9.17) is 9.15 Å². The van der Waals surface area contributed by atoms with Gasteiger partial charge in [0, 0.05) is 12.3 Å². The lowest BCUT2D eigenvalue weighted by atomic mass is 9.82. The monoisotopic (exact) mass is 552 g/mol. The Hall–Kier alpha value is -5.60. The van der Waals surface area contributed by atoms with Crippen molar-refractivity contribution < 1.29 is 19.4 Å². The van der Waals surface area contributed by atoms with Crippen molar-refractivity contribution >= 4 is 64.6 Å². The Balaban J connectivity index is 1.30. The van der Waals surface area contributed by atoms with Crippen molar-refractivity contribution in [2.24, 2.45) is 0 Å². The van der Waals surface area contributed by atoms with Crippen LogP contribution < -0.4 is 16.0 Å². The van der Waals surface area contributed by atoms with Crippen molar-refractivity contribution in [1.82, 2.24) is 9.55 Å². The molecule has 0 atom stereocenters. The Labute approximate surface area is 235 Å². The maximum atomic E-state index is 12.5. The minimum Gasteiger partial charge on any atom is -0.502 e. The number of aromatic hydroxyl groups is 1. The van der Waals surface area contributed by atoms with Crippen molar-refractivity contribution in [1.29, 1.82) is 0 Å². The highest BCUT2D eigenvalue weighted by Gasteiger charge is 2.25. The number of furan rings is 1. The topological polar surface area (TPSA) is 118 Å². The summed E-state index contributed by atoms with van der Waals surface area (Å²) >= 11 is 0. The zero-order chi connectivity index (χ0) is 28.3. The van der Waals surface area contributed by atoms with E-state index in [0.29, 0.717) is 0 Å². The minimum atomic E-state index is -0.767. The van der Waals surface area contributed by atoms with Gasteiger partial charge >= 0.3 is 5.69 Å². The zero-order valence-electron chi connectivity index (χ0n) is 21.9. The predicted molar refractivity (Wildman–Crippen MR) is 162 cm³/mol. The van der Waals surface area contributed by atoms with Gasteiger partial charge in [0.2, 0.25) is 11.5 Å². The maximum Gasteiger partial charge on any atom is 0.335 e. The van der Waals surface area contributed by atoms with Gasteiger partial charge in [-0.25, -0.2) is 9.36 Å².